The van der Waals surface area contributed by atoms with Crippen LogP contribution in [0.2, 0.25) is 0 Å². The van der Waals surface area contributed by atoms with Gasteiger partial charge < -0.3 is 10.5 Å². The molecule has 1 aliphatic heterocycles. The van der Waals surface area contributed by atoms with E-state index >= 15 is 0 Å². The normalized spacial score (nSPS) is 29.4. The lowest BCUT2D eigenvalue weighted by molar-refractivity contribution is -0.139. The van der Waals surface area contributed by atoms with Crippen molar-refractivity contribution in [2.45, 2.75) is 57.5 Å². The molecule has 0 radical (unpaired) electrons. The number of hydrogen-bond acceptors (Lipinski definition) is 3. The first-order chi connectivity index (χ1) is 8.17. The highest BCUT2D eigenvalue weighted by atomic mass is 16.5. The number of ether oxygens (including phenoxy) is 1. The van der Waals surface area contributed by atoms with Crippen LogP contribution in [0.25, 0.3) is 0 Å². The summed E-state index contributed by atoms with van der Waals surface area (Å²) in [6.07, 6.45) is 7.53. The van der Waals surface area contributed by atoms with Crippen LogP contribution in [0, 0.1) is 11.8 Å². The van der Waals surface area contributed by atoms with Crippen molar-refractivity contribution in [3.05, 3.63) is 0 Å². The predicted molar refractivity (Wildman–Crippen MR) is 67.7 cm³/mol. The Balaban J connectivity index is 1.94. The monoisotopic (exact) mass is 239 g/mol. The minimum Gasteiger partial charge on any atom is -0.375 e. The van der Waals surface area contributed by atoms with Crippen LogP contribution >= 0.6 is 0 Å². The van der Waals surface area contributed by atoms with Crippen LogP contribution in [-0.4, -0.2) is 24.5 Å². The van der Waals surface area contributed by atoms with Gasteiger partial charge in [0, 0.05) is 18.4 Å². The second kappa shape index (κ2) is 5.49. The lowest BCUT2D eigenvalue weighted by Crippen LogP contribution is -2.41. The molecule has 1 spiro atoms. The molecule has 2 unspecified atom stereocenters. The summed E-state index contributed by atoms with van der Waals surface area (Å²) in [4.78, 5) is 12.3. The second-order valence-electron chi connectivity index (χ2n) is 5.81. The molecule has 0 aromatic carbocycles. The fourth-order valence-electron chi connectivity index (χ4n) is 3.43. The fraction of sp³-hybridized carbons (Fsp3) is 0.929. The van der Waals surface area contributed by atoms with E-state index in [1.165, 1.54) is 12.8 Å². The van der Waals surface area contributed by atoms with Gasteiger partial charge in [0.1, 0.15) is 5.78 Å². The van der Waals surface area contributed by atoms with Crippen LogP contribution in [0.15, 0.2) is 0 Å². The van der Waals surface area contributed by atoms with Crippen molar-refractivity contribution in [3.8, 4) is 0 Å². The molecule has 1 aliphatic carbocycles. The Kier molecular flexibility index (Phi) is 4.21. The molecular formula is C14H25NO2. The first-order valence-corrected chi connectivity index (χ1v) is 7.05. The standard InChI is InChI=1S/C14H25NO2/c1-11(4-8-15)13(16)12-5-9-17-14(10-12)6-2-3-7-14/h11-12H,2-10,15H2,1H3. The number of carbonyl (C=O) groups is 1. The van der Waals surface area contributed by atoms with Crippen molar-refractivity contribution in [3.63, 3.8) is 0 Å². The zero-order valence-corrected chi connectivity index (χ0v) is 10.9. The molecule has 1 saturated carbocycles. The van der Waals surface area contributed by atoms with Crippen LogP contribution in [0.5, 0.6) is 0 Å². The van der Waals surface area contributed by atoms with Gasteiger partial charge in [-0.05, 0) is 38.6 Å². The topological polar surface area (TPSA) is 52.3 Å². The molecule has 2 N–H and O–H groups in total. The summed E-state index contributed by atoms with van der Waals surface area (Å²) in [5, 5.41) is 0. The third kappa shape index (κ3) is 2.89. The van der Waals surface area contributed by atoms with E-state index in [0.29, 0.717) is 12.3 Å². The minimum absolute atomic E-state index is 0.0566. The van der Waals surface area contributed by atoms with E-state index in [-0.39, 0.29) is 17.4 Å². The van der Waals surface area contributed by atoms with Crippen molar-refractivity contribution < 1.29 is 9.53 Å². The van der Waals surface area contributed by atoms with E-state index in [1.54, 1.807) is 0 Å². The summed E-state index contributed by atoms with van der Waals surface area (Å²) in [5.74, 6) is 0.773. The molecule has 0 aromatic rings. The van der Waals surface area contributed by atoms with Gasteiger partial charge in [0.2, 0.25) is 0 Å². The molecule has 2 fully saturated rings. The van der Waals surface area contributed by atoms with Crippen LogP contribution in [0.3, 0.4) is 0 Å². The number of hydrogen-bond donors (Lipinski definition) is 1. The summed E-state index contributed by atoms with van der Waals surface area (Å²) in [7, 11) is 0. The summed E-state index contributed by atoms with van der Waals surface area (Å²) in [6, 6.07) is 0. The zero-order valence-electron chi connectivity index (χ0n) is 10.9. The van der Waals surface area contributed by atoms with Crippen molar-refractivity contribution in [2.75, 3.05) is 13.2 Å². The highest BCUT2D eigenvalue weighted by molar-refractivity contribution is 5.83. The molecule has 17 heavy (non-hydrogen) atoms. The molecule has 2 atom stereocenters. The first-order valence-electron chi connectivity index (χ1n) is 7.05. The summed E-state index contributed by atoms with van der Waals surface area (Å²) >= 11 is 0. The summed E-state index contributed by atoms with van der Waals surface area (Å²) in [5.41, 5.74) is 5.59. The lowest BCUT2D eigenvalue weighted by atomic mass is 9.79. The molecule has 2 rings (SSSR count). The van der Waals surface area contributed by atoms with E-state index in [1.807, 2.05) is 6.92 Å². The molecule has 0 amide bonds. The van der Waals surface area contributed by atoms with E-state index < -0.39 is 0 Å². The Bertz CT molecular complexity index is 271. The van der Waals surface area contributed by atoms with Gasteiger partial charge in [-0.1, -0.05) is 19.8 Å². The maximum absolute atomic E-state index is 12.3. The van der Waals surface area contributed by atoms with Crippen LogP contribution in [0.4, 0.5) is 0 Å². The third-order valence-electron chi connectivity index (χ3n) is 4.50. The Morgan fingerprint density at radius 3 is 2.82 bits per heavy atom. The van der Waals surface area contributed by atoms with Gasteiger partial charge in [0.15, 0.2) is 0 Å². The predicted octanol–water partition coefficient (Wildman–Crippen LogP) is 2.28. The SMILES string of the molecule is CC(CCN)C(=O)C1CCOC2(CCCC2)C1. The molecule has 1 saturated heterocycles. The van der Waals surface area contributed by atoms with Crippen molar-refractivity contribution in [1.29, 1.82) is 0 Å². The highest BCUT2D eigenvalue weighted by Gasteiger charge is 2.42. The Labute approximate surface area is 104 Å². The van der Waals surface area contributed by atoms with E-state index in [4.69, 9.17) is 10.5 Å². The van der Waals surface area contributed by atoms with E-state index in [9.17, 15) is 4.79 Å². The number of carbonyl (C=O) groups excluding carboxylic acids is 1. The van der Waals surface area contributed by atoms with Gasteiger partial charge in [0.05, 0.1) is 5.60 Å². The average molecular weight is 239 g/mol. The number of nitrogens with two attached hydrogens (primary N) is 1. The molecule has 0 aromatic heterocycles. The summed E-state index contributed by atoms with van der Waals surface area (Å²) < 4.78 is 5.97. The molecule has 3 heteroatoms. The largest absolute Gasteiger partial charge is 0.375 e. The van der Waals surface area contributed by atoms with E-state index in [2.05, 4.69) is 0 Å². The van der Waals surface area contributed by atoms with E-state index in [0.717, 1.165) is 38.7 Å². The molecule has 0 bridgehead atoms. The molecular weight excluding hydrogens is 214 g/mol. The molecule has 98 valence electrons. The molecule has 3 nitrogen and oxygen atoms in total. The zero-order chi connectivity index (χ0) is 12.3. The number of ketones is 1. The van der Waals surface area contributed by atoms with Crippen molar-refractivity contribution >= 4 is 5.78 Å². The quantitative estimate of drug-likeness (QED) is 0.819. The lowest BCUT2D eigenvalue weighted by Gasteiger charge is -2.38. The number of Topliss-reactive ketones (excluding diaryl/α,β-unsaturated/α-hetero) is 1. The van der Waals surface area contributed by atoms with Gasteiger partial charge in [-0.2, -0.15) is 0 Å². The van der Waals surface area contributed by atoms with Gasteiger partial charge in [-0.25, -0.2) is 0 Å². The third-order valence-corrected chi connectivity index (χ3v) is 4.50. The van der Waals surface area contributed by atoms with Gasteiger partial charge >= 0.3 is 0 Å². The Morgan fingerprint density at radius 1 is 1.47 bits per heavy atom. The van der Waals surface area contributed by atoms with Crippen LogP contribution in [-0.2, 0) is 9.53 Å². The summed E-state index contributed by atoms with van der Waals surface area (Å²) in [6.45, 7) is 3.40. The van der Waals surface area contributed by atoms with Gasteiger partial charge in [-0.3, -0.25) is 4.79 Å². The number of rotatable bonds is 4. The van der Waals surface area contributed by atoms with Crippen molar-refractivity contribution in [2.24, 2.45) is 17.6 Å². The smallest absolute Gasteiger partial charge is 0.139 e. The van der Waals surface area contributed by atoms with Gasteiger partial charge in [0.25, 0.3) is 0 Å². The fourth-order valence-corrected chi connectivity index (χ4v) is 3.43. The maximum Gasteiger partial charge on any atom is 0.139 e. The molecule has 1 heterocycles. The van der Waals surface area contributed by atoms with Crippen molar-refractivity contribution in [1.82, 2.24) is 0 Å². The van der Waals surface area contributed by atoms with Gasteiger partial charge in [-0.15, -0.1) is 0 Å². The maximum atomic E-state index is 12.3. The highest BCUT2D eigenvalue weighted by Crippen LogP contribution is 2.42. The Morgan fingerprint density at radius 2 is 2.18 bits per heavy atom. The van der Waals surface area contributed by atoms with Crippen LogP contribution in [0.1, 0.15) is 51.9 Å². The second-order valence-corrected chi connectivity index (χ2v) is 5.81. The molecule has 2 aliphatic rings. The van der Waals surface area contributed by atoms with Crippen LogP contribution < -0.4 is 5.73 Å². The Hall–Kier alpha value is -0.410. The average Bonchev–Trinajstić information content (AvgIpc) is 2.76. The minimum atomic E-state index is 0.0566. The first kappa shape index (κ1) is 13.0.